The predicted molar refractivity (Wildman–Crippen MR) is 69.1 cm³/mol. The molecule has 94 valence electrons. The molecule has 19 heavy (non-hydrogen) atoms. The molecule has 0 aliphatic carbocycles. The van der Waals surface area contributed by atoms with Gasteiger partial charge < -0.3 is 4.74 Å². The van der Waals surface area contributed by atoms with E-state index in [0.29, 0.717) is 23.5 Å². The summed E-state index contributed by atoms with van der Waals surface area (Å²) in [7, 11) is 0. The first kappa shape index (κ1) is 11.4. The Morgan fingerprint density at radius 1 is 1.21 bits per heavy atom. The first-order chi connectivity index (χ1) is 9.38. The number of nitrogens with zero attached hydrogens (tertiary/aromatic N) is 3. The number of para-hydroxylation sites is 1. The van der Waals surface area contributed by atoms with Crippen LogP contribution in [0.4, 0.5) is 0 Å². The molecule has 0 unspecified atom stereocenters. The van der Waals surface area contributed by atoms with Crippen LogP contribution in [0.2, 0.25) is 0 Å². The van der Waals surface area contributed by atoms with Crippen molar-refractivity contribution in [2.24, 2.45) is 0 Å². The molecule has 0 atom stereocenters. The fraction of sp³-hybridized carbons (Fsp3) is 0.0714. The third-order valence-electron chi connectivity index (χ3n) is 2.73. The molecule has 3 aromatic rings. The number of hydrogen-bond acceptors (Lipinski definition) is 4. The van der Waals surface area contributed by atoms with Crippen molar-refractivity contribution in [3.63, 3.8) is 0 Å². The molecule has 5 nitrogen and oxygen atoms in total. The summed E-state index contributed by atoms with van der Waals surface area (Å²) in [5.74, 6) is 1.41. The molecule has 0 aliphatic rings. The SMILES string of the molecule is O=Cc1nc(COc2ccccc2)n2cccnc12. The topological polar surface area (TPSA) is 56.5 Å². The molecule has 0 saturated heterocycles. The molecule has 0 bridgehead atoms. The van der Waals surface area contributed by atoms with Crippen molar-refractivity contribution >= 4 is 11.9 Å². The second-order valence-corrected chi connectivity index (χ2v) is 3.95. The number of carbonyl (C=O) groups excluding carboxylic acids is 1. The van der Waals surface area contributed by atoms with E-state index in [4.69, 9.17) is 4.74 Å². The molecular weight excluding hydrogens is 242 g/mol. The fourth-order valence-corrected chi connectivity index (χ4v) is 1.86. The molecule has 0 N–H and O–H groups in total. The zero-order chi connectivity index (χ0) is 13.1. The first-order valence-corrected chi connectivity index (χ1v) is 5.83. The number of benzene rings is 1. The van der Waals surface area contributed by atoms with Gasteiger partial charge >= 0.3 is 0 Å². The highest BCUT2D eigenvalue weighted by atomic mass is 16.5. The van der Waals surface area contributed by atoms with Gasteiger partial charge in [0, 0.05) is 12.4 Å². The van der Waals surface area contributed by atoms with Crippen LogP contribution in [0, 0.1) is 0 Å². The normalized spacial score (nSPS) is 10.5. The van der Waals surface area contributed by atoms with Gasteiger partial charge in [-0.15, -0.1) is 0 Å². The Bertz CT molecular complexity index is 707. The minimum absolute atomic E-state index is 0.282. The van der Waals surface area contributed by atoms with E-state index in [0.717, 1.165) is 5.75 Å². The minimum Gasteiger partial charge on any atom is -0.486 e. The van der Waals surface area contributed by atoms with Gasteiger partial charge in [-0.05, 0) is 18.2 Å². The molecule has 1 aromatic carbocycles. The number of fused-ring (bicyclic) bond motifs is 1. The van der Waals surface area contributed by atoms with Gasteiger partial charge in [0.1, 0.15) is 18.1 Å². The van der Waals surface area contributed by atoms with Crippen LogP contribution in [0.25, 0.3) is 5.65 Å². The van der Waals surface area contributed by atoms with Crippen molar-refractivity contribution < 1.29 is 9.53 Å². The van der Waals surface area contributed by atoms with Crippen LogP contribution >= 0.6 is 0 Å². The Labute approximate surface area is 109 Å². The summed E-state index contributed by atoms with van der Waals surface area (Å²) >= 11 is 0. The maximum Gasteiger partial charge on any atom is 0.172 e. The lowest BCUT2D eigenvalue weighted by molar-refractivity contribution is 0.112. The standard InChI is InChI=1S/C14H11N3O2/c18-9-12-14-15-7-4-8-17(14)13(16-12)10-19-11-5-2-1-3-6-11/h1-9H,10H2. The maximum absolute atomic E-state index is 11.0. The van der Waals surface area contributed by atoms with Crippen molar-refractivity contribution in [1.29, 1.82) is 0 Å². The summed E-state index contributed by atoms with van der Waals surface area (Å²) in [6.07, 6.45) is 4.15. The summed E-state index contributed by atoms with van der Waals surface area (Å²) < 4.78 is 7.39. The lowest BCUT2D eigenvalue weighted by Gasteiger charge is -2.04. The van der Waals surface area contributed by atoms with E-state index >= 15 is 0 Å². The molecule has 3 rings (SSSR count). The molecule has 2 aromatic heterocycles. The van der Waals surface area contributed by atoms with E-state index < -0.39 is 0 Å². The zero-order valence-corrected chi connectivity index (χ0v) is 10.1. The van der Waals surface area contributed by atoms with Gasteiger partial charge in [0.05, 0.1) is 0 Å². The minimum atomic E-state index is 0.282. The summed E-state index contributed by atoms with van der Waals surface area (Å²) in [4.78, 5) is 19.3. The average molecular weight is 253 g/mol. The van der Waals surface area contributed by atoms with E-state index in [2.05, 4.69) is 9.97 Å². The van der Waals surface area contributed by atoms with E-state index in [9.17, 15) is 4.79 Å². The smallest absolute Gasteiger partial charge is 0.172 e. The highest BCUT2D eigenvalue weighted by Gasteiger charge is 2.11. The summed E-state index contributed by atoms with van der Waals surface area (Å²) in [6.45, 7) is 0.282. The molecule has 0 amide bonds. The molecular formula is C14H11N3O2. The van der Waals surface area contributed by atoms with Gasteiger partial charge in [-0.1, -0.05) is 18.2 Å². The van der Waals surface area contributed by atoms with Gasteiger partial charge in [0.25, 0.3) is 0 Å². The molecule has 0 aliphatic heterocycles. The number of aldehydes is 1. The maximum atomic E-state index is 11.0. The average Bonchev–Trinajstić information content (AvgIpc) is 2.84. The van der Waals surface area contributed by atoms with Crippen LogP contribution in [-0.4, -0.2) is 20.7 Å². The van der Waals surface area contributed by atoms with Gasteiger partial charge in [-0.25, -0.2) is 9.97 Å². The quantitative estimate of drug-likeness (QED) is 0.668. The first-order valence-electron chi connectivity index (χ1n) is 5.83. The monoisotopic (exact) mass is 253 g/mol. The molecule has 0 radical (unpaired) electrons. The van der Waals surface area contributed by atoms with Gasteiger partial charge in [-0.2, -0.15) is 0 Å². The summed E-state index contributed by atoms with van der Waals surface area (Å²) in [6, 6.07) is 11.2. The van der Waals surface area contributed by atoms with Crippen molar-refractivity contribution in [2.75, 3.05) is 0 Å². The Morgan fingerprint density at radius 2 is 2.05 bits per heavy atom. The molecule has 0 spiro atoms. The third-order valence-corrected chi connectivity index (χ3v) is 2.73. The highest BCUT2D eigenvalue weighted by molar-refractivity contribution is 5.81. The van der Waals surface area contributed by atoms with E-state index in [1.807, 2.05) is 36.5 Å². The highest BCUT2D eigenvalue weighted by Crippen LogP contribution is 2.13. The molecule has 0 fully saturated rings. The number of carbonyl (C=O) groups is 1. The van der Waals surface area contributed by atoms with Crippen LogP contribution in [0.3, 0.4) is 0 Å². The lowest BCUT2D eigenvalue weighted by Crippen LogP contribution is -2.01. The largest absolute Gasteiger partial charge is 0.486 e. The number of imidazole rings is 1. The van der Waals surface area contributed by atoms with E-state index in [-0.39, 0.29) is 6.61 Å². The van der Waals surface area contributed by atoms with E-state index in [1.54, 1.807) is 16.7 Å². The lowest BCUT2D eigenvalue weighted by atomic mass is 10.3. The van der Waals surface area contributed by atoms with Gasteiger partial charge in [-0.3, -0.25) is 9.20 Å². The summed E-state index contributed by atoms with van der Waals surface area (Å²) in [5.41, 5.74) is 0.872. The van der Waals surface area contributed by atoms with E-state index in [1.165, 1.54) is 0 Å². The van der Waals surface area contributed by atoms with Crippen molar-refractivity contribution in [2.45, 2.75) is 6.61 Å². The Balaban J connectivity index is 1.91. The Morgan fingerprint density at radius 3 is 2.84 bits per heavy atom. The molecule has 2 heterocycles. The molecule has 0 saturated carbocycles. The predicted octanol–water partition coefficient (Wildman–Crippen LogP) is 2.12. The number of aromatic nitrogens is 3. The molecule has 5 heteroatoms. The van der Waals surface area contributed by atoms with Crippen LogP contribution in [0.1, 0.15) is 16.3 Å². The summed E-state index contributed by atoms with van der Waals surface area (Å²) in [5, 5.41) is 0. The Kier molecular flexibility index (Phi) is 2.94. The number of rotatable bonds is 4. The van der Waals surface area contributed by atoms with Crippen molar-refractivity contribution in [1.82, 2.24) is 14.4 Å². The van der Waals surface area contributed by atoms with Crippen LogP contribution < -0.4 is 4.74 Å². The van der Waals surface area contributed by atoms with Crippen LogP contribution in [0.15, 0.2) is 48.8 Å². The Hall–Kier alpha value is -2.69. The second-order valence-electron chi connectivity index (χ2n) is 3.95. The second kappa shape index (κ2) is 4.89. The zero-order valence-electron chi connectivity index (χ0n) is 10.1. The van der Waals surface area contributed by atoms with Crippen LogP contribution in [-0.2, 0) is 6.61 Å². The van der Waals surface area contributed by atoms with Crippen LogP contribution in [0.5, 0.6) is 5.75 Å². The third kappa shape index (κ3) is 2.18. The number of ether oxygens (including phenoxy) is 1. The van der Waals surface area contributed by atoms with Gasteiger partial charge in [0.15, 0.2) is 17.8 Å². The number of hydrogen-bond donors (Lipinski definition) is 0. The van der Waals surface area contributed by atoms with Crippen molar-refractivity contribution in [3.8, 4) is 5.75 Å². The fourth-order valence-electron chi connectivity index (χ4n) is 1.86. The van der Waals surface area contributed by atoms with Crippen molar-refractivity contribution in [3.05, 3.63) is 60.3 Å². The van der Waals surface area contributed by atoms with Gasteiger partial charge in [0.2, 0.25) is 0 Å².